The molecule has 0 saturated heterocycles. The largest absolute Gasteiger partial charge is 0.300 e. The molecular weight excluding hydrogens is 188 g/mol. The van der Waals surface area contributed by atoms with Crippen LogP contribution in [0, 0.1) is 0 Å². The molecule has 1 aromatic rings. The van der Waals surface area contributed by atoms with Crippen molar-refractivity contribution < 1.29 is 4.79 Å². The normalized spacial score (nSPS) is 11.4. The SMILES string of the molecule is CC(=O)Cc1ccc([Si](C)(C)C)cc1. The fourth-order valence-electron chi connectivity index (χ4n) is 1.41. The van der Waals surface area contributed by atoms with Gasteiger partial charge < -0.3 is 0 Å². The maximum atomic E-state index is 10.9. The molecule has 0 unspecified atom stereocenters. The van der Waals surface area contributed by atoms with E-state index in [9.17, 15) is 4.79 Å². The van der Waals surface area contributed by atoms with Gasteiger partial charge in [-0.25, -0.2) is 0 Å². The molecule has 0 fully saturated rings. The summed E-state index contributed by atoms with van der Waals surface area (Å²) in [5.74, 6) is 0.228. The van der Waals surface area contributed by atoms with E-state index in [1.165, 1.54) is 5.19 Å². The van der Waals surface area contributed by atoms with E-state index in [-0.39, 0.29) is 5.78 Å². The zero-order chi connectivity index (χ0) is 10.8. The second-order valence-electron chi connectivity index (χ2n) is 4.83. The van der Waals surface area contributed by atoms with Crippen LogP contribution >= 0.6 is 0 Å². The summed E-state index contributed by atoms with van der Waals surface area (Å²) in [6.45, 7) is 8.61. The van der Waals surface area contributed by atoms with Gasteiger partial charge in [-0.1, -0.05) is 49.1 Å². The van der Waals surface area contributed by atoms with Gasteiger partial charge in [0.05, 0.1) is 8.07 Å². The summed E-state index contributed by atoms with van der Waals surface area (Å²) in [7, 11) is -1.18. The van der Waals surface area contributed by atoms with Gasteiger partial charge in [0, 0.05) is 6.42 Å². The molecule has 0 spiro atoms. The molecule has 1 rings (SSSR count). The third kappa shape index (κ3) is 3.11. The first kappa shape index (κ1) is 11.2. The first-order valence-corrected chi connectivity index (χ1v) is 8.48. The van der Waals surface area contributed by atoms with Crippen molar-refractivity contribution in [1.29, 1.82) is 0 Å². The average Bonchev–Trinajstić information content (AvgIpc) is 2.02. The van der Waals surface area contributed by atoms with E-state index in [0.29, 0.717) is 6.42 Å². The van der Waals surface area contributed by atoms with Crippen LogP contribution in [0.3, 0.4) is 0 Å². The van der Waals surface area contributed by atoms with Gasteiger partial charge in [0.2, 0.25) is 0 Å². The summed E-state index contributed by atoms with van der Waals surface area (Å²) < 4.78 is 0. The number of rotatable bonds is 3. The van der Waals surface area contributed by atoms with Crippen molar-refractivity contribution in [3.05, 3.63) is 29.8 Å². The summed E-state index contributed by atoms with van der Waals surface area (Å²) in [4.78, 5) is 10.9. The lowest BCUT2D eigenvalue weighted by atomic mass is 10.1. The Morgan fingerprint density at radius 2 is 1.64 bits per heavy atom. The zero-order valence-electron chi connectivity index (χ0n) is 9.42. The maximum absolute atomic E-state index is 10.9. The summed E-state index contributed by atoms with van der Waals surface area (Å²) in [6, 6.07) is 8.50. The minimum absolute atomic E-state index is 0.228. The van der Waals surface area contributed by atoms with Crippen molar-refractivity contribution in [1.82, 2.24) is 0 Å². The Kier molecular flexibility index (Phi) is 3.27. The molecule has 0 aliphatic heterocycles. The molecular formula is C12H18OSi. The van der Waals surface area contributed by atoms with Crippen LogP contribution in [-0.4, -0.2) is 13.9 Å². The van der Waals surface area contributed by atoms with E-state index in [1.807, 2.05) is 0 Å². The fraction of sp³-hybridized carbons (Fsp3) is 0.417. The molecule has 0 aromatic heterocycles. The van der Waals surface area contributed by atoms with Crippen LogP contribution in [0.5, 0.6) is 0 Å². The summed E-state index contributed by atoms with van der Waals surface area (Å²) in [6.07, 6.45) is 0.561. The number of hydrogen-bond acceptors (Lipinski definition) is 1. The van der Waals surface area contributed by atoms with Crippen LogP contribution in [0.1, 0.15) is 12.5 Å². The number of ketones is 1. The van der Waals surface area contributed by atoms with Crippen molar-refractivity contribution in [3.8, 4) is 0 Å². The lowest BCUT2D eigenvalue weighted by Crippen LogP contribution is -2.37. The molecule has 0 atom stereocenters. The topological polar surface area (TPSA) is 17.1 Å². The van der Waals surface area contributed by atoms with Crippen molar-refractivity contribution in [3.63, 3.8) is 0 Å². The second kappa shape index (κ2) is 4.09. The Labute approximate surface area is 87.2 Å². The highest BCUT2D eigenvalue weighted by Crippen LogP contribution is 2.05. The molecule has 0 radical (unpaired) electrons. The van der Waals surface area contributed by atoms with Gasteiger partial charge in [0.25, 0.3) is 0 Å². The summed E-state index contributed by atoms with van der Waals surface area (Å²) in [5, 5.41) is 1.45. The van der Waals surface area contributed by atoms with Gasteiger partial charge in [-0.3, -0.25) is 4.79 Å². The molecule has 1 aromatic carbocycles. The molecule has 0 saturated carbocycles. The number of Topliss-reactive ketones (excluding diaryl/α,β-unsaturated/α-hetero) is 1. The van der Waals surface area contributed by atoms with Gasteiger partial charge in [-0.05, 0) is 12.5 Å². The summed E-state index contributed by atoms with van der Waals surface area (Å²) in [5.41, 5.74) is 1.12. The van der Waals surface area contributed by atoms with Crippen molar-refractivity contribution in [2.45, 2.75) is 33.0 Å². The molecule has 0 aliphatic rings. The van der Waals surface area contributed by atoms with Crippen LogP contribution in [0.2, 0.25) is 19.6 Å². The number of hydrogen-bond donors (Lipinski definition) is 0. The molecule has 76 valence electrons. The smallest absolute Gasteiger partial charge is 0.134 e. The van der Waals surface area contributed by atoms with Gasteiger partial charge in [0.1, 0.15) is 5.78 Å². The molecule has 1 nitrogen and oxygen atoms in total. The number of carbonyl (C=O) groups is 1. The van der Waals surface area contributed by atoms with Gasteiger partial charge in [0.15, 0.2) is 0 Å². The van der Waals surface area contributed by atoms with E-state index in [2.05, 4.69) is 43.9 Å². The maximum Gasteiger partial charge on any atom is 0.134 e. The van der Waals surface area contributed by atoms with Crippen LogP contribution in [-0.2, 0) is 11.2 Å². The molecule has 0 amide bonds. The molecule has 0 N–H and O–H groups in total. The van der Waals surface area contributed by atoms with Crippen molar-refractivity contribution in [2.24, 2.45) is 0 Å². The Morgan fingerprint density at radius 3 is 2.00 bits per heavy atom. The van der Waals surface area contributed by atoms with Gasteiger partial charge in [-0.15, -0.1) is 0 Å². The van der Waals surface area contributed by atoms with Crippen LogP contribution < -0.4 is 5.19 Å². The van der Waals surface area contributed by atoms with E-state index < -0.39 is 8.07 Å². The fourth-order valence-corrected chi connectivity index (χ4v) is 2.58. The van der Waals surface area contributed by atoms with Crippen molar-refractivity contribution in [2.75, 3.05) is 0 Å². The molecule has 2 heteroatoms. The van der Waals surface area contributed by atoms with Crippen molar-refractivity contribution >= 4 is 19.0 Å². The van der Waals surface area contributed by atoms with E-state index >= 15 is 0 Å². The Hall–Kier alpha value is -0.893. The number of carbonyl (C=O) groups excluding carboxylic acids is 1. The lowest BCUT2D eigenvalue weighted by molar-refractivity contribution is -0.116. The Balaban J connectivity index is 2.84. The zero-order valence-corrected chi connectivity index (χ0v) is 10.4. The average molecular weight is 206 g/mol. The molecule has 0 aliphatic carbocycles. The van der Waals surface area contributed by atoms with E-state index in [0.717, 1.165) is 5.56 Å². The molecule has 0 bridgehead atoms. The highest BCUT2D eigenvalue weighted by molar-refractivity contribution is 6.88. The highest BCUT2D eigenvalue weighted by atomic mass is 28.3. The minimum Gasteiger partial charge on any atom is -0.300 e. The van der Waals surface area contributed by atoms with E-state index in [1.54, 1.807) is 6.92 Å². The van der Waals surface area contributed by atoms with Crippen LogP contribution in [0.4, 0.5) is 0 Å². The van der Waals surface area contributed by atoms with Crippen LogP contribution in [0.25, 0.3) is 0 Å². The quantitative estimate of drug-likeness (QED) is 0.694. The number of benzene rings is 1. The van der Waals surface area contributed by atoms with Gasteiger partial charge >= 0.3 is 0 Å². The molecule has 0 heterocycles. The highest BCUT2D eigenvalue weighted by Gasteiger charge is 2.15. The Bertz CT molecular complexity index is 319. The van der Waals surface area contributed by atoms with Crippen LogP contribution in [0.15, 0.2) is 24.3 Å². The summed E-state index contributed by atoms with van der Waals surface area (Å²) >= 11 is 0. The predicted molar refractivity (Wildman–Crippen MR) is 63.8 cm³/mol. The predicted octanol–water partition coefficient (Wildman–Crippen LogP) is 2.36. The van der Waals surface area contributed by atoms with Gasteiger partial charge in [-0.2, -0.15) is 0 Å². The molecule has 14 heavy (non-hydrogen) atoms. The lowest BCUT2D eigenvalue weighted by Gasteiger charge is -2.16. The third-order valence-corrected chi connectivity index (χ3v) is 4.34. The van der Waals surface area contributed by atoms with E-state index in [4.69, 9.17) is 0 Å². The minimum atomic E-state index is -1.18. The Morgan fingerprint density at radius 1 is 1.14 bits per heavy atom. The first-order chi connectivity index (χ1) is 6.39. The standard InChI is InChI=1S/C12H18OSi/c1-10(13)9-11-5-7-12(8-6-11)14(2,3)4/h5-8H,9H2,1-4H3. The monoisotopic (exact) mass is 206 g/mol. The second-order valence-corrected chi connectivity index (χ2v) is 9.90. The third-order valence-electron chi connectivity index (χ3n) is 2.27. The first-order valence-electron chi connectivity index (χ1n) is 4.98.